The van der Waals surface area contributed by atoms with Gasteiger partial charge in [-0.3, -0.25) is 0 Å². The van der Waals surface area contributed by atoms with Crippen LogP contribution < -0.4 is 5.32 Å². The van der Waals surface area contributed by atoms with Gasteiger partial charge in [-0.25, -0.2) is 0 Å². The first kappa shape index (κ1) is 15.6. The molecular formula is C19H31N. The van der Waals surface area contributed by atoms with Crippen molar-refractivity contribution in [3.63, 3.8) is 0 Å². The van der Waals surface area contributed by atoms with Gasteiger partial charge in [0.1, 0.15) is 0 Å². The molecule has 1 aliphatic carbocycles. The van der Waals surface area contributed by atoms with E-state index >= 15 is 0 Å². The van der Waals surface area contributed by atoms with Crippen molar-refractivity contribution in [3.05, 3.63) is 35.4 Å². The molecule has 1 aromatic carbocycles. The molecule has 1 heteroatoms. The molecule has 0 amide bonds. The lowest BCUT2D eigenvalue weighted by Crippen LogP contribution is -2.26. The molecule has 0 heterocycles. The summed E-state index contributed by atoms with van der Waals surface area (Å²) in [7, 11) is 2.10. The van der Waals surface area contributed by atoms with Crippen LogP contribution in [0.15, 0.2) is 24.3 Å². The van der Waals surface area contributed by atoms with E-state index in [1.54, 1.807) is 0 Å². The van der Waals surface area contributed by atoms with E-state index < -0.39 is 0 Å². The molecule has 0 bridgehead atoms. The average molecular weight is 273 g/mol. The molecule has 1 N–H and O–H groups in total. The molecule has 1 aromatic rings. The summed E-state index contributed by atoms with van der Waals surface area (Å²) in [6.07, 6.45) is 8.38. The third-order valence-corrected chi connectivity index (χ3v) is 4.93. The van der Waals surface area contributed by atoms with Crippen LogP contribution >= 0.6 is 0 Å². The number of rotatable bonds is 5. The standard InChI is InChI=1S/C19H31N/c1-15(2)17-11-9-16(10-12-17)13-18-7-5-4-6-8-19(18)14-20-3/h9-12,15,18-20H,4-8,13-14H2,1-3H3. The van der Waals surface area contributed by atoms with Gasteiger partial charge in [0.25, 0.3) is 0 Å². The Labute approximate surface area is 125 Å². The van der Waals surface area contributed by atoms with E-state index in [1.165, 1.54) is 56.2 Å². The van der Waals surface area contributed by atoms with E-state index in [-0.39, 0.29) is 0 Å². The Morgan fingerprint density at radius 2 is 1.65 bits per heavy atom. The van der Waals surface area contributed by atoms with Gasteiger partial charge in [-0.2, -0.15) is 0 Å². The van der Waals surface area contributed by atoms with Gasteiger partial charge in [0, 0.05) is 0 Å². The molecule has 0 aromatic heterocycles. The monoisotopic (exact) mass is 273 g/mol. The van der Waals surface area contributed by atoms with Crippen LogP contribution in [0.25, 0.3) is 0 Å². The summed E-state index contributed by atoms with van der Waals surface area (Å²) in [6.45, 7) is 5.72. The molecule has 1 fully saturated rings. The maximum absolute atomic E-state index is 3.41. The van der Waals surface area contributed by atoms with E-state index in [1.807, 2.05) is 0 Å². The molecule has 0 radical (unpaired) electrons. The molecule has 20 heavy (non-hydrogen) atoms. The molecule has 112 valence electrons. The van der Waals surface area contributed by atoms with Crippen LogP contribution in [0.4, 0.5) is 0 Å². The number of benzene rings is 1. The minimum Gasteiger partial charge on any atom is -0.319 e. The third kappa shape index (κ3) is 4.34. The first-order valence-corrected chi connectivity index (χ1v) is 8.44. The minimum absolute atomic E-state index is 0.638. The molecule has 2 unspecified atom stereocenters. The molecule has 1 aliphatic rings. The van der Waals surface area contributed by atoms with Crippen LogP contribution in [0.1, 0.15) is 63.0 Å². The molecule has 1 saturated carbocycles. The highest BCUT2D eigenvalue weighted by atomic mass is 14.8. The third-order valence-electron chi connectivity index (χ3n) is 4.93. The predicted octanol–water partition coefficient (Wildman–Crippen LogP) is 4.77. The lowest BCUT2D eigenvalue weighted by molar-refractivity contribution is 0.304. The highest BCUT2D eigenvalue weighted by Crippen LogP contribution is 2.31. The lowest BCUT2D eigenvalue weighted by Gasteiger charge is -2.25. The van der Waals surface area contributed by atoms with Crippen LogP contribution in [0, 0.1) is 11.8 Å². The summed E-state index contributed by atoms with van der Waals surface area (Å²) < 4.78 is 0. The SMILES string of the molecule is CNCC1CCCCCC1Cc1ccc(C(C)C)cc1. The quantitative estimate of drug-likeness (QED) is 0.762. The zero-order valence-corrected chi connectivity index (χ0v) is 13.5. The Kier molecular flexibility index (Phi) is 6.09. The maximum atomic E-state index is 3.41. The second-order valence-electron chi connectivity index (χ2n) is 6.82. The summed E-state index contributed by atoms with van der Waals surface area (Å²) in [5, 5.41) is 3.41. The summed E-state index contributed by atoms with van der Waals surface area (Å²) >= 11 is 0. The highest BCUT2D eigenvalue weighted by molar-refractivity contribution is 5.25. The molecule has 1 nitrogen and oxygen atoms in total. The first-order valence-electron chi connectivity index (χ1n) is 8.44. The van der Waals surface area contributed by atoms with Crippen molar-refractivity contribution in [3.8, 4) is 0 Å². The van der Waals surface area contributed by atoms with Crippen molar-refractivity contribution in [2.24, 2.45) is 11.8 Å². The molecule has 0 spiro atoms. The van der Waals surface area contributed by atoms with Gasteiger partial charge in [0.2, 0.25) is 0 Å². The zero-order chi connectivity index (χ0) is 14.4. The number of hydrogen-bond donors (Lipinski definition) is 1. The van der Waals surface area contributed by atoms with Crippen LogP contribution in [0.5, 0.6) is 0 Å². The fourth-order valence-corrected chi connectivity index (χ4v) is 3.60. The van der Waals surface area contributed by atoms with Crippen LogP contribution in [0.3, 0.4) is 0 Å². The van der Waals surface area contributed by atoms with Crippen LogP contribution in [-0.4, -0.2) is 13.6 Å². The lowest BCUT2D eigenvalue weighted by atomic mass is 9.83. The van der Waals surface area contributed by atoms with E-state index in [0.29, 0.717) is 5.92 Å². The fraction of sp³-hybridized carbons (Fsp3) is 0.684. The zero-order valence-electron chi connectivity index (χ0n) is 13.5. The van der Waals surface area contributed by atoms with Crippen molar-refractivity contribution in [2.45, 2.75) is 58.3 Å². The fourth-order valence-electron chi connectivity index (χ4n) is 3.60. The van der Waals surface area contributed by atoms with Gasteiger partial charge in [-0.1, -0.05) is 57.4 Å². The van der Waals surface area contributed by atoms with Gasteiger partial charge in [-0.15, -0.1) is 0 Å². The average Bonchev–Trinajstić information content (AvgIpc) is 2.66. The van der Waals surface area contributed by atoms with Gasteiger partial charge < -0.3 is 5.32 Å². The molecule has 2 rings (SSSR count). The van der Waals surface area contributed by atoms with Crippen molar-refractivity contribution in [1.82, 2.24) is 5.32 Å². The van der Waals surface area contributed by atoms with Gasteiger partial charge in [0.15, 0.2) is 0 Å². The minimum atomic E-state index is 0.638. The van der Waals surface area contributed by atoms with Gasteiger partial charge in [-0.05, 0) is 61.7 Å². The van der Waals surface area contributed by atoms with Crippen molar-refractivity contribution >= 4 is 0 Å². The summed E-state index contributed by atoms with van der Waals surface area (Å²) in [5.74, 6) is 2.38. The normalized spacial score (nSPS) is 23.8. The Morgan fingerprint density at radius 1 is 1.00 bits per heavy atom. The van der Waals surface area contributed by atoms with E-state index in [0.717, 1.165) is 11.8 Å². The molecule has 2 atom stereocenters. The first-order chi connectivity index (χ1) is 9.70. The van der Waals surface area contributed by atoms with Crippen molar-refractivity contribution in [1.29, 1.82) is 0 Å². The second kappa shape index (κ2) is 7.83. The van der Waals surface area contributed by atoms with E-state index in [2.05, 4.69) is 50.5 Å². The number of nitrogens with one attached hydrogen (secondary N) is 1. The summed E-state index contributed by atoms with van der Waals surface area (Å²) in [6, 6.07) is 9.36. The molecule has 0 aliphatic heterocycles. The molecule has 0 saturated heterocycles. The highest BCUT2D eigenvalue weighted by Gasteiger charge is 2.23. The largest absolute Gasteiger partial charge is 0.319 e. The van der Waals surface area contributed by atoms with Gasteiger partial charge in [0.05, 0.1) is 0 Å². The Balaban J connectivity index is 2.01. The number of hydrogen-bond acceptors (Lipinski definition) is 1. The Hall–Kier alpha value is -0.820. The van der Waals surface area contributed by atoms with E-state index in [4.69, 9.17) is 0 Å². The summed E-state index contributed by atoms with van der Waals surface area (Å²) in [4.78, 5) is 0. The van der Waals surface area contributed by atoms with Crippen LogP contribution in [0.2, 0.25) is 0 Å². The van der Waals surface area contributed by atoms with Gasteiger partial charge >= 0.3 is 0 Å². The maximum Gasteiger partial charge on any atom is -0.00208 e. The van der Waals surface area contributed by atoms with Crippen molar-refractivity contribution in [2.75, 3.05) is 13.6 Å². The smallest absolute Gasteiger partial charge is 0.00208 e. The van der Waals surface area contributed by atoms with E-state index in [9.17, 15) is 0 Å². The summed E-state index contributed by atoms with van der Waals surface area (Å²) in [5.41, 5.74) is 2.99. The molecular weight excluding hydrogens is 242 g/mol. The Bertz CT molecular complexity index is 379. The predicted molar refractivity (Wildman–Crippen MR) is 88.2 cm³/mol. The second-order valence-corrected chi connectivity index (χ2v) is 6.82. The topological polar surface area (TPSA) is 12.0 Å². The Morgan fingerprint density at radius 3 is 2.25 bits per heavy atom. The van der Waals surface area contributed by atoms with Crippen LogP contribution in [-0.2, 0) is 6.42 Å². The van der Waals surface area contributed by atoms with Crippen molar-refractivity contribution < 1.29 is 0 Å².